The highest BCUT2D eigenvalue weighted by molar-refractivity contribution is 5.75. The highest BCUT2D eigenvalue weighted by Gasteiger charge is 2.21. The van der Waals surface area contributed by atoms with Gasteiger partial charge in [-0.1, -0.05) is 6.92 Å². The summed E-state index contributed by atoms with van der Waals surface area (Å²) in [7, 11) is 0. The normalized spacial score (nSPS) is 12.5. The zero-order valence-corrected chi connectivity index (χ0v) is 12.6. The molecule has 0 spiro atoms. The summed E-state index contributed by atoms with van der Waals surface area (Å²) in [4.78, 5) is 11.9. The van der Waals surface area contributed by atoms with E-state index in [1.54, 1.807) is 0 Å². The molecule has 0 aliphatic heterocycles. The number of esters is 1. The summed E-state index contributed by atoms with van der Waals surface area (Å²) < 4.78 is 6.99. The molecular formula is C14H25N3O2. The molecule has 0 aliphatic rings. The molecule has 0 fully saturated rings. The van der Waals surface area contributed by atoms with E-state index >= 15 is 0 Å². The van der Waals surface area contributed by atoms with Crippen molar-refractivity contribution in [2.75, 3.05) is 13.2 Å². The third-order valence-electron chi connectivity index (χ3n) is 3.31. The number of ether oxygens (including phenoxy) is 1. The molecule has 1 unspecified atom stereocenters. The van der Waals surface area contributed by atoms with Crippen LogP contribution in [0.1, 0.15) is 37.2 Å². The van der Waals surface area contributed by atoms with Crippen molar-refractivity contribution in [1.82, 2.24) is 15.1 Å². The Bertz CT molecular complexity index is 427. The Morgan fingerprint density at radius 1 is 1.37 bits per heavy atom. The quantitative estimate of drug-likeness (QED) is 0.765. The summed E-state index contributed by atoms with van der Waals surface area (Å²) in [6.45, 7) is 11.7. The Morgan fingerprint density at radius 2 is 2.05 bits per heavy atom. The maximum absolute atomic E-state index is 11.9. The van der Waals surface area contributed by atoms with E-state index in [0.717, 1.165) is 24.4 Å². The number of rotatable bonds is 7. The molecular weight excluding hydrogens is 242 g/mol. The number of aryl methyl sites for hydroxylation is 1. The first-order valence-corrected chi connectivity index (χ1v) is 6.91. The summed E-state index contributed by atoms with van der Waals surface area (Å²) in [6, 6.07) is -0.336. The lowest BCUT2D eigenvalue weighted by atomic mass is 10.2. The first-order valence-electron chi connectivity index (χ1n) is 6.91. The van der Waals surface area contributed by atoms with Crippen LogP contribution >= 0.6 is 0 Å². The largest absolute Gasteiger partial charge is 0.465 e. The van der Waals surface area contributed by atoms with Gasteiger partial charge in [-0.25, -0.2) is 0 Å². The zero-order chi connectivity index (χ0) is 14.4. The number of carbonyl (C=O) groups is 1. The lowest BCUT2D eigenvalue weighted by molar-refractivity contribution is -0.146. The van der Waals surface area contributed by atoms with E-state index in [1.807, 2.05) is 32.4 Å². The van der Waals surface area contributed by atoms with Crippen molar-refractivity contribution in [3.8, 4) is 0 Å². The third kappa shape index (κ3) is 4.06. The van der Waals surface area contributed by atoms with E-state index in [2.05, 4.69) is 17.3 Å². The molecule has 5 nitrogen and oxygen atoms in total. The molecule has 1 N–H and O–H groups in total. The second kappa shape index (κ2) is 7.28. The van der Waals surface area contributed by atoms with Gasteiger partial charge in [0.05, 0.1) is 18.8 Å². The van der Waals surface area contributed by atoms with Gasteiger partial charge in [-0.05, 0) is 46.2 Å². The fourth-order valence-corrected chi connectivity index (χ4v) is 1.92. The molecule has 1 atom stereocenters. The van der Waals surface area contributed by atoms with Gasteiger partial charge >= 0.3 is 5.97 Å². The Hall–Kier alpha value is -1.36. The van der Waals surface area contributed by atoms with E-state index < -0.39 is 0 Å². The van der Waals surface area contributed by atoms with E-state index in [4.69, 9.17) is 4.74 Å². The molecule has 108 valence electrons. The Balaban J connectivity index is 2.81. The van der Waals surface area contributed by atoms with Crippen molar-refractivity contribution >= 4 is 5.97 Å². The highest BCUT2D eigenvalue weighted by atomic mass is 16.5. The molecule has 19 heavy (non-hydrogen) atoms. The molecule has 1 heterocycles. The van der Waals surface area contributed by atoms with Gasteiger partial charge in [0.1, 0.15) is 6.04 Å². The van der Waals surface area contributed by atoms with Crippen LogP contribution in [0, 0.1) is 20.8 Å². The van der Waals surface area contributed by atoms with Crippen molar-refractivity contribution < 1.29 is 9.53 Å². The average Bonchev–Trinajstić information content (AvgIpc) is 2.62. The first-order chi connectivity index (χ1) is 9.01. The molecule has 1 rings (SSSR count). The van der Waals surface area contributed by atoms with Crippen molar-refractivity contribution in [3.05, 3.63) is 17.0 Å². The van der Waals surface area contributed by atoms with Crippen LogP contribution in [0.3, 0.4) is 0 Å². The number of nitrogens with zero attached hydrogens (tertiary/aromatic N) is 2. The van der Waals surface area contributed by atoms with Crippen molar-refractivity contribution in [3.63, 3.8) is 0 Å². The SMILES string of the molecule is CCCNC(Cn1nc(C)c(C)c1C)C(=O)OCC. The zero-order valence-electron chi connectivity index (χ0n) is 12.6. The molecule has 0 amide bonds. The maximum Gasteiger partial charge on any atom is 0.325 e. The molecule has 1 aromatic rings. The van der Waals surface area contributed by atoms with Gasteiger partial charge in [0.2, 0.25) is 0 Å². The molecule has 0 saturated heterocycles. The standard InChI is InChI=1S/C14H25N3O2/c1-6-8-15-13(14(18)19-7-2)9-17-12(5)10(3)11(4)16-17/h13,15H,6-9H2,1-5H3. The molecule has 0 radical (unpaired) electrons. The topological polar surface area (TPSA) is 56.2 Å². The van der Waals surface area contributed by atoms with Crippen LogP contribution in [0.25, 0.3) is 0 Å². The number of hydrogen-bond acceptors (Lipinski definition) is 4. The summed E-state index contributed by atoms with van der Waals surface area (Å²) in [6.07, 6.45) is 0.978. The van der Waals surface area contributed by atoms with Crippen LogP contribution in [-0.2, 0) is 16.1 Å². The summed E-state index contributed by atoms with van der Waals surface area (Å²) >= 11 is 0. The Morgan fingerprint density at radius 3 is 2.53 bits per heavy atom. The molecule has 0 aromatic carbocycles. The number of hydrogen-bond donors (Lipinski definition) is 1. The molecule has 0 saturated carbocycles. The fraction of sp³-hybridized carbons (Fsp3) is 0.714. The van der Waals surface area contributed by atoms with Gasteiger partial charge in [0.25, 0.3) is 0 Å². The van der Waals surface area contributed by atoms with Gasteiger partial charge in [-0.2, -0.15) is 5.10 Å². The van der Waals surface area contributed by atoms with E-state index in [9.17, 15) is 4.79 Å². The lowest BCUT2D eigenvalue weighted by Gasteiger charge is -2.17. The van der Waals surface area contributed by atoms with Crippen LogP contribution in [0.15, 0.2) is 0 Å². The van der Waals surface area contributed by atoms with Crippen LogP contribution in [0.5, 0.6) is 0 Å². The number of carbonyl (C=O) groups excluding carboxylic acids is 1. The second-order valence-corrected chi connectivity index (χ2v) is 4.74. The van der Waals surface area contributed by atoms with E-state index in [0.29, 0.717) is 13.2 Å². The van der Waals surface area contributed by atoms with Gasteiger partial charge in [-0.15, -0.1) is 0 Å². The Labute approximate surface area is 115 Å². The minimum absolute atomic E-state index is 0.207. The van der Waals surface area contributed by atoms with Crippen LogP contribution in [0.2, 0.25) is 0 Å². The summed E-state index contributed by atoms with van der Waals surface area (Å²) in [5, 5.41) is 7.69. The number of nitrogens with one attached hydrogen (secondary N) is 1. The summed E-state index contributed by atoms with van der Waals surface area (Å²) in [5.41, 5.74) is 3.29. The van der Waals surface area contributed by atoms with Crippen molar-refractivity contribution in [1.29, 1.82) is 0 Å². The third-order valence-corrected chi connectivity index (χ3v) is 3.31. The van der Waals surface area contributed by atoms with Gasteiger partial charge in [0, 0.05) is 5.69 Å². The predicted molar refractivity (Wildman–Crippen MR) is 75.2 cm³/mol. The van der Waals surface area contributed by atoms with Crippen LogP contribution in [-0.4, -0.2) is 34.9 Å². The van der Waals surface area contributed by atoms with Gasteiger partial charge in [0.15, 0.2) is 0 Å². The van der Waals surface area contributed by atoms with E-state index in [1.165, 1.54) is 5.56 Å². The smallest absolute Gasteiger partial charge is 0.325 e. The molecule has 5 heteroatoms. The van der Waals surface area contributed by atoms with Crippen LogP contribution < -0.4 is 5.32 Å². The van der Waals surface area contributed by atoms with Crippen LogP contribution in [0.4, 0.5) is 0 Å². The monoisotopic (exact) mass is 267 g/mol. The maximum atomic E-state index is 11.9. The van der Waals surface area contributed by atoms with Gasteiger partial charge in [-0.3, -0.25) is 9.48 Å². The minimum Gasteiger partial charge on any atom is -0.465 e. The molecule has 0 bridgehead atoms. The molecule has 0 aliphatic carbocycles. The second-order valence-electron chi connectivity index (χ2n) is 4.74. The van der Waals surface area contributed by atoms with Crippen molar-refractivity contribution in [2.45, 2.75) is 53.6 Å². The predicted octanol–water partition coefficient (Wildman–Crippen LogP) is 1.74. The van der Waals surface area contributed by atoms with E-state index in [-0.39, 0.29) is 12.0 Å². The average molecular weight is 267 g/mol. The van der Waals surface area contributed by atoms with Crippen molar-refractivity contribution in [2.24, 2.45) is 0 Å². The number of aromatic nitrogens is 2. The fourth-order valence-electron chi connectivity index (χ4n) is 1.92. The lowest BCUT2D eigenvalue weighted by Crippen LogP contribution is -2.42. The first kappa shape index (κ1) is 15.7. The highest BCUT2D eigenvalue weighted by Crippen LogP contribution is 2.11. The minimum atomic E-state index is -0.336. The summed E-state index contributed by atoms with van der Waals surface area (Å²) in [5.74, 6) is -0.207. The Kier molecular flexibility index (Phi) is 6.02. The molecule has 1 aromatic heterocycles. The van der Waals surface area contributed by atoms with Gasteiger partial charge < -0.3 is 10.1 Å².